The van der Waals surface area contributed by atoms with Crippen molar-refractivity contribution in [2.24, 2.45) is 5.92 Å². The molecule has 1 aliphatic rings. The molecule has 3 heteroatoms. The van der Waals surface area contributed by atoms with E-state index in [0.717, 1.165) is 16.0 Å². The minimum atomic E-state index is -1.24. The Morgan fingerprint density at radius 2 is 1.75 bits per heavy atom. The molecule has 3 atom stereocenters. The molecule has 20 heavy (non-hydrogen) atoms. The van der Waals surface area contributed by atoms with Crippen LogP contribution < -0.4 is 0 Å². The summed E-state index contributed by atoms with van der Waals surface area (Å²) in [5.74, 6) is -0.468. The zero-order chi connectivity index (χ0) is 14.2. The van der Waals surface area contributed by atoms with Gasteiger partial charge in [0.15, 0.2) is 0 Å². The topological polar surface area (TPSA) is 44.0 Å². The molecule has 1 N–H and O–H groups in total. The summed E-state index contributed by atoms with van der Waals surface area (Å²) in [7, 11) is 0. The lowest BCUT2D eigenvalue weighted by Gasteiger charge is -2.41. The average Bonchev–Trinajstić information content (AvgIpc) is 2.48. The van der Waals surface area contributed by atoms with E-state index in [2.05, 4.69) is 6.07 Å². The molecule has 0 saturated carbocycles. The van der Waals surface area contributed by atoms with Crippen molar-refractivity contribution in [3.63, 3.8) is 0 Å². The van der Waals surface area contributed by atoms with Crippen molar-refractivity contribution in [1.82, 2.24) is 0 Å². The van der Waals surface area contributed by atoms with Gasteiger partial charge >= 0.3 is 0 Å². The van der Waals surface area contributed by atoms with E-state index in [1.54, 1.807) is 11.8 Å². The molecule has 2 aromatic rings. The van der Waals surface area contributed by atoms with Gasteiger partial charge in [-0.3, -0.25) is 0 Å². The standard InChI is InChI=1S/C17H15NOS/c1-12-15(11-18)17(19,13-7-3-2-4-8-13)14-9-5-6-10-16(14)20-12/h2-10,12,15,19H,1H3/t12-,15+,17?/m1/s1. The molecule has 0 fully saturated rings. The summed E-state index contributed by atoms with van der Waals surface area (Å²) < 4.78 is 0. The molecule has 3 rings (SSSR count). The maximum absolute atomic E-state index is 11.4. The molecule has 100 valence electrons. The highest BCUT2D eigenvalue weighted by atomic mass is 32.2. The fourth-order valence-corrected chi connectivity index (χ4v) is 4.19. The molecule has 0 spiro atoms. The summed E-state index contributed by atoms with van der Waals surface area (Å²) in [6.07, 6.45) is 0. The first-order valence-electron chi connectivity index (χ1n) is 6.61. The molecule has 2 nitrogen and oxygen atoms in total. The Balaban J connectivity index is 2.27. The van der Waals surface area contributed by atoms with Crippen LogP contribution in [0.2, 0.25) is 0 Å². The molecular formula is C17H15NOS. The van der Waals surface area contributed by atoms with E-state index < -0.39 is 11.5 Å². The Kier molecular flexibility index (Phi) is 3.29. The minimum absolute atomic E-state index is 0.0418. The number of rotatable bonds is 1. The molecule has 0 aliphatic carbocycles. The van der Waals surface area contributed by atoms with Gasteiger partial charge in [-0.05, 0) is 11.6 Å². The van der Waals surface area contributed by atoms with Gasteiger partial charge in [-0.1, -0.05) is 55.5 Å². The van der Waals surface area contributed by atoms with E-state index in [9.17, 15) is 10.4 Å². The lowest BCUT2D eigenvalue weighted by atomic mass is 9.75. The monoisotopic (exact) mass is 281 g/mol. The van der Waals surface area contributed by atoms with E-state index in [4.69, 9.17) is 0 Å². The molecule has 1 heterocycles. The molecule has 0 saturated heterocycles. The molecule has 1 unspecified atom stereocenters. The Bertz CT molecular complexity index is 664. The number of fused-ring (bicyclic) bond motifs is 1. The van der Waals surface area contributed by atoms with Crippen molar-refractivity contribution in [2.45, 2.75) is 22.7 Å². The summed E-state index contributed by atoms with van der Waals surface area (Å²) in [5.41, 5.74) is 0.379. The quantitative estimate of drug-likeness (QED) is 0.869. The second-order valence-corrected chi connectivity index (χ2v) is 6.48. The molecule has 0 radical (unpaired) electrons. The summed E-state index contributed by atoms with van der Waals surface area (Å²) in [6.45, 7) is 2.00. The second-order valence-electron chi connectivity index (χ2n) is 5.06. The molecule has 0 aromatic heterocycles. The number of benzene rings is 2. The van der Waals surface area contributed by atoms with Gasteiger partial charge in [-0.15, -0.1) is 11.8 Å². The van der Waals surface area contributed by atoms with Crippen LogP contribution in [0.4, 0.5) is 0 Å². The highest BCUT2D eigenvalue weighted by Gasteiger charge is 2.48. The average molecular weight is 281 g/mol. The van der Waals surface area contributed by atoms with Crippen LogP contribution in [-0.2, 0) is 5.60 Å². The minimum Gasteiger partial charge on any atom is -0.379 e. The van der Waals surface area contributed by atoms with Gasteiger partial charge in [0.1, 0.15) is 5.60 Å². The van der Waals surface area contributed by atoms with Crippen LogP contribution in [0.3, 0.4) is 0 Å². The van der Waals surface area contributed by atoms with Gasteiger partial charge in [-0.25, -0.2) is 0 Å². The third-order valence-electron chi connectivity index (χ3n) is 3.88. The fourth-order valence-electron chi connectivity index (χ4n) is 2.89. The van der Waals surface area contributed by atoms with Crippen molar-refractivity contribution in [3.05, 3.63) is 65.7 Å². The van der Waals surface area contributed by atoms with Gasteiger partial charge < -0.3 is 5.11 Å². The van der Waals surface area contributed by atoms with Crippen molar-refractivity contribution in [2.75, 3.05) is 0 Å². The summed E-state index contributed by atoms with van der Waals surface area (Å²) in [4.78, 5) is 1.05. The van der Waals surface area contributed by atoms with Crippen molar-refractivity contribution in [3.8, 4) is 6.07 Å². The fraction of sp³-hybridized carbons (Fsp3) is 0.235. The summed E-state index contributed by atoms with van der Waals surface area (Å²) in [6, 6.07) is 19.6. The van der Waals surface area contributed by atoms with E-state index >= 15 is 0 Å². The Labute approximate surface area is 123 Å². The van der Waals surface area contributed by atoms with E-state index in [-0.39, 0.29) is 5.25 Å². The lowest BCUT2D eigenvalue weighted by molar-refractivity contribution is 0.0348. The Hall–Kier alpha value is -1.76. The van der Waals surface area contributed by atoms with E-state index in [0.29, 0.717) is 0 Å². The third-order valence-corrected chi connectivity index (χ3v) is 5.14. The SMILES string of the molecule is C[C@H]1Sc2ccccc2C(O)(c2ccccc2)[C@H]1C#N. The third kappa shape index (κ3) is 1.84. The van der Waals surface area contributed by atoms with E-state index in [1.807, 2.05) is 61.5 Å². The Morgan fingerprint density at radius 3 is 2.45 bits per heavy atom. The normalized spacial score (nSPS) is 28.4. The van der Waals surface area contributed by atoms with Crippen LogP contribution in [0.5, 0.6) is 0 Å². The molecule has 1 aliphatic heterocycles. The zero-order valence-electron chi connectivity index (χ0n) is 11.2. The van der Waals surface area contributed by atoms with Gasteiger partial charge in [0.2, 0.25) is 0 Å². The number of hydrogen-bond acceptors (Lipinski definition) is 3. The number of nitriles is 1. The van der Waals surface area contributed by atoms with Crippen LogP contribution >= 0.6 is 11.8 Å². The number of thioether (sulfide) groups is 1. The maximum atomic E-state index is 11.4. The van der Waals surface area contributed by atoms with Crippen molar-refractivity contribution >= 4 is 11.8 Å². The Morgan fingerprint density at radius 1 is 1.10 bits per heavy atom. The highest BCUT2D eigenvalue weighted by Crippen LogP contribution is 2.50. The van der Waals surface area contributed by atoms with Gasteiger partial charge in [0.05, 0.1) is 12.0 Å². The van der Waals surface area contributed by atoms with Crippen molar-refractivity contribution < 1.29 is 5.11 Å². The van der Waals surface area contributed by atoms with Crippen LogP contribution in [-0.4, -0.2) is 10.4 Å². The molecule has 2 aromatic carbocycles. The van der Waals surface area contributed by atoms with Gasteiger partial charge in [-0.2, -0.15) is 5.26 Å². The number of hydrogen-bond donors (Lipinski definition) is 1. The van der Waals surface area contributed by atoms with Gasteiger partial charge in [0, 0.05) is 15.7 Å². The first kappa shape index (κ1) is 13.2. The van der Waals surface area contributed by atoms with E-state index in [1.165, 1.54) is 0 Å². The van der Waals surface area contributed by atoms with Crippen LogP contribution in [0.15, 0.2) is 59.5 Å². The summed E-state index contributed by atoms with van der Waals surface area (Å²) in [5, 5.41) is 21.0. The maximum Gasteiger partial charge on any atom is 0.133 e. The van der Waals surface area contributed by atoms with Crippen LogP contribution in [0.25, 0.3) is 0 Å². The van der Waals surface area contributed by atoms with Crippen LogP contribution in [0.1, 0.15) is 18.1 Å². The zero-order valence-corrected chi connectivity index (χ0v) is 12.0. The highest BCUT2D eigenvalue weighted by molar-refractivity contribution is 8.00. The first-order valence-corrected chi connectivity index (χ1v) is 7.49. The predicted molar refractivity (Wildman–Crippen MR) is 80.3 cm³/mol. The molecule has 0 amide bonds. The predicted octanol–water partition coefficient (Wildman–Crippen LogP) is 3.56. The van der Waals surface area contributed by atoms with Crippen molar-refractivity contribution in [1.29, 1.82) is 5.26 Å². The van der Waals surface area contributed by atoms with Gasteiger partial charge in [0.25, 0.3) is 0 Å². The number of aliphatic hydroxyl groups is 1. The number of nitrogens with zero attached hydrogens (tertiary/aromatic N) is 1. The lowest BCUT2D eigenvalue weighted by Crippen LogP contribution is -2.43. The molecular weight excluding hydrogens is 266 g/mol. The second kappa shape index (κ2) is 4.97. The largest absolute Gasteiger partial charge is 0.379 e. The smallest absolute Gasteiger partial charge is 0.133 e. The first-order chi connectivity index (χ1) is 9.67. The summed E-state index contributed by atoms with van der Waals surface area (Å²) >= 11 is 1.66. The molecule has 0 bridgehead atoms. The van der Waals surface area contributed by atoms with Crippen LogP contribution in [0, 0.1) is 17.2 Å².